The highest BCUT2D eigenvalue weighted by atomic mass is 35.5. The van der Waals surface area contributed by atoms with Gasteiger partial charge in [-0.1, -0.05) is 52.1 Å². The molecule has 228 valence electrons. The van der Waals surface area contributed by atoms with Crippen LogP contribution in [0.1, 0.15) is 85.3 Å². The highest BCUT2D eigenvalue weighted by Crippen LogP contribution is 2.42. The van der Waals surface area contributed by atoms with Crippen molar-refractivity contribution >= 4 is 40.9 Å². The van der Waals surface area contributed by atoms with E-state index in [9.17, 15) is 14.4 Å². The largest absolute Gasteiger partial charge is 0.471 e. The van der Waals surface area contributed by atoms with Crippen molar-refractivity contribution in [3.8, 4) is 5.88 Å². The van der Waals surface area contributed by atoms with Gasteiger partial charge in [0.25, 0.3) is 0 Å². The second kappa shape index (κ2) is 12.0. The molecule has 6 atom stereocenters. The number of nitrogens with one attached hydrogen (secondary N) is 1. The fourth-order valence-electron chi connectivity index (χ4n) is 6.84. The molecule has 42 heavy (non-hydrogen) atoms. The molecule has 1 N–H and O–H groups in total. The predicted molar refractivity (Wildman–Crippen MR) is 160 cm³/mol. The third-order valence-electron chi connectivity index (χ3n) is 9.47. The van der Waals surface area contributed by atoms with Crippen molar-refractivity contribution in [2.45, 2.75) is 110 Å². The molecular weight excluding hydrogens is 556 g/mol. The second-order valence-corrected chi connectivity index (χ2v) is 14.0. The van der Waals surface area contributed by atoms with Crippen LogP contribution in [0.4, 0.5) is 4.79 Å². The van der Waals surface area contributed by atoms with Crippen molar-refractivity contribution in [1.29, 1.82) is 0 Å². The Labute approximate surface area is 253 Å². The molecule has 3 heterocycles. The van der Waals surface area contributed by atoms with Crippen LogP contribution in [-0.2, 0) is 20.7 Å². The van der Waals surface area contributed by atoms with E-state index in [0.717, 1.165) is 62.4 Å². The van der Waals surface area contributed by atoms with Crippen LogP contribution in [0.25, 0.3) is 11.0 Å². The molecule has 2 aliphatic heterocycles. The van der Waals surface area contributed by atoms with E-state index in [4.69, 9.17) is 31.0 Å². The number of fused-ring (bicyclic) bond motifs is 5. The third kappa shape index (κ3) is 6.21. The van der Waals surface area contributed by atoms with Gasteiger partial charge in [-0.25, -0.2) is 14.8 Å². The quantitative estimate of drug-likeness (QED) is 0.407. The number of rotatable bonds is 1. The zero-order chi connectivity index (χ0) is 30.2. The number of amides is 2. The lowest BCUT2D eigenvalue weighted by molar-refractivity contribution is -0.139. The Morgan fingerprint density at radius 2 is 1.86 bits per heavy atom. The van der Waals surface area contributed by atoms with Crippen LogP contribution >= 0.6 is 11.6 Å². The van der Waals surface area contributed by atoms with Crippen molar-refractivity contribution in [3.05, 3.63) is 28.9 Å². The van der Waals surface area contributed by atoms with Gasteiger partial charge in [-0.2, -0.15) is 0 Å². The van der Waals surface area contributed by atoms with Crippen molar-refractivity contribution in [2.24, 2.45) is 17.3 Å². The molecule has 10 heteroatoms. The Morgan fingerprint density at radius 1 is 1.10 bits per heavy atom. The van der Waals surface area contributed by atoms with Crippen LogP contribution in [0.3, 0.4) is 0 Å². The minimum absolute atomic E-state index is 0.182. The zero-order valence-corrected chi connectivity index (χ0v) is 26.1. The number of benzene rings is 1. The SMILES string of the molecule is C[C@@H]1[C@@H]2CN(C(=O)[C@H](C(C)(C)C)NC(=O)O[C@]3(C)CCC[C@H]3CCCCCc3nc4ccc(Cl)cc4nc3O2)[C@@H]1C=O. The number of aldehydes is 1. The van der Waals surface area contributed by atoms with E-state index in [2.05, 4.69) is 5.32 Å². The molecule has 3 aliphatic rings. The highest BCUT2D eigenvalue weighted by Gasteiger charge is 2.48. The molecule has 5 rings (SSSR count). The smallest absolute Gasteiger partial charge is 0.408 e. The molecule has 0 radical (unpaired) electrons. The predicted octanol–water partition coefficient (Wildman–Crippen LogP) is 5.89. The van der Waals surface area contributed by atoms with E-state index in [0.29, 0.717) is 22.8 Å². The second-order valence-electron chi connectivity index (χ2n) is 13.6. The van der Waals surface area contributed by atoms with Gasteiger partial charge in [-0.15, -0.1) is 0 Å². The summed E-state index contributed by atoms with van der Waals surface area (Å²) < 4.78 is 12.6. The summed E-state index contributed by atoms with van der Waals surface area (Å²) in [6.07, 6.45) is 7.10. The average molecular weight is 599 g/mol. The first-order chi connectivity index (χ1) is 19.9. The monoisotopic (exact) mass is 598 g/mol. The first-order valence-electron chi connectivity index (χ1n) is 15.3. The summed E-state index contributed by atoms with van der Waals surface area (Å²) in [4.78, 5) is 51.0. The average Bonchev–Trinajstić information content (AvgIpc) is 3.44. The normalized spacial score (nSPS) is 31.3. The molecule has 1 aromatic heterocycles. The van der Waals surface area contributed by atoms with E-state index in [1.165, 1.54) is 4.90 Å². The van der Waals surface area contributed by atoms with E-state index < -0.39 is 35.3 Å². The van der Waals surface area contributed by atoms with Gasteiger partial charge in [0.1, 0.15) is 29.7 Å². The zero-order valence-electron chi connectivity index (χ0n) is 25.3. The maximum Gasteiger partial charge on any atom is 0.408 e. The summed E-state index contributed by atoms with van der Waals surface area (Å²) in [7, 11) is 0. The number of carbonyl (C=O) groups is 3. The molecule has 9 nitrogen and oxygen atoms in total. The number of hydrogen-bond donors (Lipinski definition) is 1. The van der Waals surface area contributed by atoms with Crippen LogP contribution in [0.2, 0.25) is 5.02 Å². The first kappa shape index (κ1) is 30.5. The highest BCUT2D eigenvalue weighted by molar-refractivity contribution is 6.31. The fourth-order valence-corrected chi connectivity index (χ4v) is 7.01. The van der Waals surface area contributed by atoms with Crippen molar-refractivity contribution in [2.75, 3.05) is 6.54 Å². The number of nitrogens with zero attached hydrogens (tertiary/aromatic N) is 3. The molecule has 0 unspecified atom stereocenters. The van der Waals surface area contributed by atoms with E-state index >= 15 is 0 Å². The number of alkyl carbamates (subject to hydrolysis) is 1. The Morgan fingerprint density at radius 3 is 2.60 bits per heavy atom. The Balaban J connectivity index is 1.52. The molecular formula is C32H43ClN4O5. The molecule has 2 aromatic rings. The summed E-state index contributed by atoms with van der Waals surface area (Å²) in [5, 5.41) is 3.45. The number of ether oxygens (including phenoxy) is 2. The standard InChI is InChI=1S/C32H43ClN4O5/c1-19-25(18-38)37-17-26(19)41-28-23(34-22-14-13-21(33)16-24(22)35-28)12-8-6-7-10-20-11-9-15-32(20,5)42-30(40)36-27(29(37)39)31(2,3)4/h13-14,16,18-20,25-27H,6-12,15,17H2,1-5H3,(H,36,40)/t19-,20+,25+,26-,27+,32+/m0/s1. The van der Waals surface area contributed by atoms with Gasteiger partial charge < -0.3 is 24.5 Å². The van der Waals surface area contributed by atoms with Gasteiger partial charge in [0.05, 0.1) is 23.6 Å². The molecule has 1 aromatic carbocycles. The van der Waals surface area contributed by atoms with E-state index in [1.54, 1.807) is 12.1 Å². The van der Waals surface area contributed by atoms with Crippen molar-refractivity contribution in [3.63, 3.8) is 0 Å². The lowest BCUT2D eigenvalue weighted by Crippen LogP contribution is -2.57. The number of aryl methyl sites for hydroxylation is 1. The topological polar surface area (TPSA) is 111 Å². The summed E-state index contributed by atoms with van der Waals surface area (Å²) in [5.41, 5.74) is 0.933. The van der Waals surface area contributed by atoms with Crippen LogP contribution in [0.5, 0.6) is 5.88 Å². The fraction of sp³-hybridized carbons (Fsp3) is 0.656. The van der Waals surface area contributed by atoms with E-state index in [1.807, 2.05) is 40.7 Å². The van der Waals surface area contributed by atoms with Crippen LogP contribution in [-0.4, -0.2) is 63.5 Å². The van der Waals surface area contributed by atoms with Gasteiger partial charge in [-0.3, -0.25) is 4.79 Å². The summed E-state index contributed by atoms with van der Waals surface area (Å²) in [6, 6.07) is 3.82. The van der Waals surface area contributed by atoms with Gasteiger partial charge in [0, 0.05) is 10.9 Å². The minimum Gasteiger partial charge on any atom is -0.471 e. The van der Waals surface area contributed by atoms with Gasteiger partial charge in [-0.05, 0) is 75.0 Å². The number of hydrogen-bond acceptors (Lipinski definition) is 7. The van der Waals surface area contributed by atoms with Crippen LogP contribution in [0.15, 0.2) is 18.2 Å². The lowest BCUT2D eigenvalue weighted by Gasteiger charge is -2.37. The number of carbonyl (C=O) groups excluding carboxylic acids is 3. The van der Waals surface area contributed by atoms with E-state index in [-0.39, 0.29) is 24.3 Å². The molecule has 1 aliphatic carbocycles. The van der Waals surface area contributed by atoms with Gasteiger partial charge in [0.15, 0.2) is 0 Å². The maximum absolute atomic E-state index is 14.1. The molecule has 2 amide bonds. The summed E-state index contributed by atoms with van der Waals surface area (Å²) in [6.45, 7) is 9.79. The van der Waals surface area contributed by atoms with Crippen molar-refractivity contribution < 1.29 is 23.9 Å². The lowest BCUT2D eigenvalue weighted by atomic mass is 9.85. The first-order valence-corrected chi connectivity index (χ1v) is 15.7. The molecule has 2 bridgehead atoms. The third-order valence-corrected chi connectivity index (χ3v) is 9.70. The molecule has 1 saturated carbocycles. The number of halogens is 1. The summed E-state index contributed by atoms with van der Waals surface area (Å²) >= 11 is 6.25. The van der Waals surface area contributed by atoms with Crippen molar-refractivity contribution in [1.82, 2.24) is 20.2 Å². The van der Waals surface area contributed by atoms with Gasteiger partial charge >= 0.3 is 6.09 Å². The molecule has 0 spiro atoms. The maximum atomic E-state index is 14.1. The minimum atomic E-state index is -0.890. The van der Waals surface area contributed by atoms with Gasteiger partial charge in [0.2, 0.25) is 11.8 Å². The number of aromatic nitrogens is 2. The Bertz CT molecular complexity index is 1350. The molecule has 1 saturated heterocycles. The Hall–Kier alpha value is -2.94. The Kier molecular flexibility index (Phi) is 8.70. The van der Waals surface area contributed by atoms with Crippen LogP contribution < -0.4 is 10.1 Å². The van der Waals surface area contributed by atoms with Crippen LogP contribution in [0, 0.1) is 17.3 Å². The molecule has 2 fully saturated rings. The summed E-state index contributed by atoms with van der Waals surface area (Å²) in [5.74, 6) is 0.0399.